The van der Waals surface area contributed by atoms with E-state index in [2.05, 4.69) is 5.32 Å². The molecule has 0 saturated carbocycles. The second kappa shape index (κ2) is 26.7. The van der Waals surface area contributed by atoms with Crippen LogP contribution in [0.15, 0.2) is 0 Å². The molecule has 0 aliphatic rings. The van der Waals surface area contributed by atoms with E-state index in [0.717, 1.165) is 6.54 Å². The van der Waals surface area contributed by atoms with E-state index in [0.29, 0.717) is 33.0 Å². The Bertz CT molecular complexity index is 283. The minimum absolute atomic E-state index is 0. The first-order valence-electron chi connectivity index (χ1n) is 7.74. The van der Waals surface area contributed by atoms with Gasteiger partial charge in [-0.25, -0.2) is 4.79 Å². The molecule has 0 fully saturated rings. The van der Waals surface area contributed by atoms with Crippen molar-refractivity contribution in [3.8, 4) is 0 Å². The van der Waals surface area contributed by atoms with Crippen molar-refractivity contribution in [3.05, 3.63) is 0 Å². The van der Waals surface area contributed by atoms with Crippen LogP contribution in [0.5, 0.6) is 0 Å². The summed E-state index contributed by atoms with van der Waals surface area (Å²) in [6.07, 6.45) is -0.366. The molecule has 1 amide bonds. The molecule has 0 unspecified atom stereocenters. The van der Waals surface area contributed by atoms with Gasteiger partial charge in [-0.1, -0.05) is 0 Å². The van der Waals surface area contributed by atoms with Gasteiger partial charge >= 0.3 is 6.09 Å². The van der Waals surface area contributed by atoms with Gasteiger partial charge in [0.05, 0.1) is 39.6 Å². The number of nitrogens with one attached hydrogen (secondary N) is 1. The average Bonchev–Trinajstić information content (AvgIpc) is 2.47. The SMILES string of the molecule is CN(CCOCCO)C(=O)OC(C)(C)C.CNCCOCCO.Cl.[K].[W]. The number of aliphatic hydroxyl groups excluding tert-OH is 2. The van der Waals surface area contributed by atoms with Crippen LogP contribution in [0.3, 0.4) is 0 Å². The molecule has 8 nitrogen and oxygen atoms in total. The normalized spacial score (nSPS) is 9.50. The summed E-state index contributed by atoms with van der Waals surface area (Å²) in [7, 11) is 3.51. The van der Waals surface area contributed by atoms with Crippen LogP contribution in [0.25, 0.3) is 0 Å². The van der Waals surface area contributed by atoms with Crippen molar-refractivity contribution < 1.29 is 50.3 Å². The molecule has 0 aromatic heterocycles. The van der Waals surface area contributed by atoms with E-state index < -0.39 is 5.60 Å². The minimum Gasteiger partial charge on any atom is -0.444 e. The van der Waals surface area contributed by atoms with Gasteiger partial charge in [0.25, 0.3) is 0 Å². The summed E-state index contributed by atoms with van der Waals surface area (Å²) in [5, 5.41) is 19.6. The fourth-order valence-corrected chi connectivity index (χ4v) is 1.14. The van der Waals surface area contributed by atoms with E-state index in [1.807, 2.05) is 27.8 Å². The van der Waals surface area contributed by atoms with Gasteiger partial charge in [0.1, 0.15) is 5.60 Å². The number of amides is 1. The molecule has 0 aliphatic carbocycles. The van der Waals surface area contributed by atoms with Crippen molar-refractivity contribution in [1.29, 1.82) is 0 Å². The fourth-order valence-electron chi connectivity index (χ4n) is 1.14. The van der Waals surface area contributed by atoms with E-state index in [4.69, 9.17) is 24.4 Å². The van der Waals surface area contributed by atoms with Crippen molar-refractivity contribution in [2.45, 2.75) is 26.4 Å². The van der Waals surface area contributed by atoms with Crippen LogP contribution in [0, 0.1) is 0 Å². The van der Waals surface area contributed by atoms with Crippen molar-refractivity contribution >= 4 is 69.9 Å². The zero-order valence-corrected chi connectivity index (χ0v) is 23.8. The van der Waals surface area contributed by atoms with Crippen LogP contribution in [0.2, 0.25) is 0 Å². The molecule has 155 valence electrons. The second-order valence-corrected chi connectivity index (χ2v) is 5.68. The number of hydrogen-bond donors (Lipinski definition) is 3. The maximum atomic E-state index is 11.4. The Hall–Kier alpha value is 1.68. The maximum Gasteiger partial charge on any atom is 0.410 e. The van der Waals surface area contributed by atoms with Gasteiger partial charge in [-0.3, -0.25) is 0 Å². The predicted molar refractivity (Wildman–Crippen MR) is 102 cm³/mol. The van der Waals surface area contributed by atoms with Crippen molar-refractivity contribution in [1.82, 2.24) is 10.2 Å². The van der Waals surface area contributed by atoms with E-state index in [9.17, 15) is 4.79 Å². The molecule has 0 aromatic rings. The standard InChI is InChI=1S/C10H21NO4.C5H13NO2.ClH.K.W/c1-10(2,3)15-9(13)11(4)5-7-14-8-6-12;1-6-2-4-8-5-3-7;;;/h12H,5-8H2,1-4H3;6-7H,2-5H2,1H3;1H;;. The van der Waals surface area contributed by atoms with Crippen molar-refractivity contribution in [2.24, 2.45) is 0 Å². The Labute approximate surface area is 221 Å². The molecular formula is C15H35ClKN2O6W. The van der Waals surface area contributed by atoms with Crippen LogP contribution < -0.4 is 5.32 Å². The summed E-state index contributed by atoms with van der Waals surface area (Å²) in [4.78, 5) is 12.9. The van der Waals surface area contributed by atoms with Gasteiger partial charge in [-0.05, 0) is 27.8 Å². The zero-order chi connectivity index (χ0) is 18.1. The Morgan fingerprint density at radius 3 is 1.88 bits per heavy atom. The van der Waals surface area contributed by atoms with Gasteiger partial charge in [0.2, 0.25) is 0 Å². The van der Waals surface area contributed by atoms with E-state index in [1.165, 1.54) is 4.90 Å². The third kappa shape index (κ3) is 33.3. The zero-order valence-electron chi connectivity index (χ0n) is 16.9. The number of ether oxygens (including phenoxy) is 3. The topological polar surface area (TPSA) is 100 Å². The number of likely N-dealkylation sites (N-methyl/N-ethyl adjacent to an activating group) is 2. The number of hydrogen-bond acceptors (Lipinski definition) is 7. The summed E-state index contributed by atoms with van der Waals surface area (Å²) < 4.78 is 15.1. The molecule has 0 rings (SSSR count). The Morgan fingerprint density at radius 1 is 1.04 bits per heavy atom. The number of aliphatic hydroxyl groups is 2. The first-order chi connectivity index (χ1) is 10.8. The summed E-state index contributed by atoms with van der Waals surface area (Å²) in [5.74, 6) is 0. The molecule has 0 aromatic carbocycles. The van der Waals surface area contributed by atoms with E-state index in [1.54, 1.807) is 7.05 Å². The molecule has 3 N–H and O–H groups in total. The molecule has 0 aliphatic heterocycles. The predicted octanol–water partition coefficient (Wildman–Crippen LogP) is 0.115. The number of rotatable bonds is 10. The Balaban J connectivity index is -0.000000116. The second-order valence-electron chi connectivity index (χ2n) is 5.68. The van der Waals surface area contributed by atoms with Crippen LogP contribution >= 0.6 is 12.4 Å². The molecule has 0 heterocycles. The fraction of sp³-hybridized carbons (Fsp3) is 0.933. The number of carbonyl (C=O) groups excluding carboxylic acids is 1. The van der Waals surface area contributed by atoms with Crippen molar-refractivity contribution in [2.75, 3.05) is 66.8 Å². The summed E-state index contributed by atoms with van der Waals surface area (Å²) in [6.45, 7) is 8.69. The molecule has 0 bridgehead atoms. The van der Waals surface area contributed by atoms with Gasteiger partial charge in [0, 0.05) is 92.6 Å². The third-order valence-corrected chi connectivity index (χ3v) is 2.24. The van der Waals surface area contributed by atoms with Gasteiger partial charge in [-0.15, -0.1) is 12.4 Å². The molecule has 26 heavy (non-hydrogen) atoms. The molecule has 1 radical (unpaired) electrons. The van der Waals surface area contributed by atoms with Crippen LogP contribution in [0.1, 0.15) is 20.8 Å². The quantitative estimate of drug-likeness (QED) is 0.243. The monoisotopic (exact) mass is 597 g/mol. The average molecular weight is 598 g/mol. The van der Waals surface area contributed by atoms with Crippen LogP contribution in [-0.2, 0) is 35.3 Å². The first-order valence-corrected chi connectivity index (χ1v) is 7.74. The summed E-state index contributed by atoms with van der Waals surface area (Å²) in [6, 6.07) is 0. The van der Waals surface area contributed by atoms with E-state index in [-0.39, 0.29) is 104 Å². The molecule has 0 atom stereocenters. The Morgan fingerprint density at radius 2 is 1.50 bits per heavy atom. The number of halogens is 1. The molecule has 0 saturated heterocycles. The van der Waals surface area contributed by atoms with Gasteiger partial charge in [-0.2, -0.15) is 0 Å². The largest absolute Gasteiger partial charge is 0.444 e. The smallest absolute Gasteiger partial charge is 0.410 e. The van der Waals surface area contributed by atoms with Crippen LogP contribution in [0.4, 0.5) is 4.79 Å². The third-order valence-electron chi connectivity index (χ3n) is 2.24. The number of nitrogens with zero attached hydrogens (tertiary/aromatic N) is 1. The van der Waals surface area contributed by atoms with Gasteiger partial charge < -0.3 is 34.6 Å². The van der Waals surface area contributed by atoms with Crippen LogP contribution in [-0.4, -0.2) is 145 Å². The summed E-state index contributed by atoms with van der Waals surface area (Å²) >= 11 is 0. The molecule has 0 spiro atoms. The molecule has 11 heteroatoms. The van der Waals surface area contributed by atoms with Crippen molar-refractivity contribution in [3.63, 3.8) is 0 Å². The summed E-state index contributed by atoms with van der Waals surface area (Å²) in [5.41, 5.74) is -0.475. The van der Waals surface area contributed by atoms with E-state index >= 15 is 0 Å². The maximum absolute atomic E-state index is 11.4. The molecular weight excluding hydrogens is 563 g/mol. The minimum atomic E-state index is -0.475. The first kappa shape index (κ1) is 38.3. The van der Waals surface area contributed by atoms with Gasteiger partial charge in [0.15, 0.2) is 0 Å². The Kier molecular flexibility index (Phi) is 39.3. The number of carbonyl (C=O) groups is 1.